The van der Waals surface area contributed by atoms with Crippen molar-refractivity contribution in [1.82, 2.24) is 15.5 Å². The highest BCUT2D eigenvalue weighted by Gasteiger charge is 2.42. The molecule has 0 aliphatic carbocycles. The van der Waals surface area contributed by atoms with Gasteiger partial charge in [-0.1, -0.05) is 0 Å². The molecule has 0 radical (unpaired) electrons. The predicted octanol–water partition coefficient (Wildman–Crippen LogP) is -1.37. The summed E-state index contributed by atoms with van der Waals surface area (Å²) < 4.78 is 9.96. The third kappa shape index (κ3) is 5.96. The highest BCUT2D eigenvalue weighted by Crippen LogP contribution is 2.24. The van der Waals surface area contributed by atoms with E-state index in [1.807, 2.05) is 0 Å². The van der Waals surface area contributed by atoms with Gasteiger partial charge in [0.2, 0.25) is 5.91 Å². The molecule has 1 aliphatic rings. The smallest absolute Gasteiger partial charge is 0.329 e. The standard InChI is InChI=1S/C12H21N3O6/c1-12(21-6-10(17)18)7-15(8-12)11(19)14-5-9(16)13-3-4-20-2/h3-8H2,1-2H3,(H,13,16)(H,14,19)(H,17,18). The number of hydrogen-bond acceptors (Lipinski definition) is 5. The maximum absolute atomic E-state index is 11.7. The normalized spacial score (nSPS) is 16.0. The molecular weight excluding hydrogens is 282 g/mol. The molecule has 0 saturated carbocycles. The van der Waals surface area contributed by atoms with Gasteiger partial charge >= 0.3 is 12.0 Å². The van der Waals surface area contributed by atoms with Crippen LogP contribution in [0.15, 0.2) is 0 Å². The Bertz CT molecular complexity index is 394. The van der Waals surface area contributed by atoms with Crippen LogP contribution in [0.25, 0.3) is 0 Å². The fraction of sp³-hybridized carbons (Fsp3) is 0.750. The summed E-state index contributed by atoms with van der Waals surface area (Å²) >= 11 is 0. The topological polar surface area (TPSA) is 117 Å². The largest absolute Gasteiger partial charge is 0.480 e. The number of aliphatic carboxylic acids is 1. The van der Waals surface area contributed by atoms with Crippen molar-refractivity contribution in [2.24, 2.45) is 0 Å². The third-order valence-corrected chi connectivity index (χ3v) is 2.91. The van der Waals surface area contributed by atoms with Crippen molar-refractivity contribution < 1.29 is 29.0 Å². The highest BCUT2D eigenvalue weighted by molar-refractivity contribution is 5.84. The lowest BCUT2D eigenvalue weighted by Gasteiger charge is -2.46. The minimum atomic E-state index is -1.05. The summed E-state index contributed by atoms with van der Waals surface area (Å²) in [5, 5.41) is 13.6. The first kappa shape index (κ1) is 17.2. The molecule has 3 amide bonds. The fourth-order valence-corrected chi connectivity index (χ4v) is 1.85. The second-order valence-electron chi connectivity index (χ2n) is 4.99. The number of urea groups is 1. The van der Waals surface area contributed by atoms with Gasteiger partial charge in [0, 0.05) is 13.7 Å². The Morgan fingerprint density at radius 1 is 1.29 bits per heavy atom. The minimum absolute atomic E-state index is 0.119. The van der Waals surface area contributed by atoms with Crippen molar-refractivity contribution in [1.29, 1.82) is 0 Å². The molecule has 0 aromatic carbocycles. The Morgan fingerprint density at radius 2 is 1.95 bits per heavy atom. The number of hydrogen-bond donors (Lipinski definition) is 3. The van der Waals surface area contributed by atoms with Crippen LogP contribution < -0.4 is 10.6 Å². The van der Waals surface area contributed by atoms with E-state index in [1.165, 1.54) is 12.0 Å². The van der Waals surface area contributed by atoms with Gasteiger partial charge in [-0.2, -0.15) is 0 Å². The summed E-state index contributed by atoms with van der Waals surface area (Å²) in [5.74, 6) is -1.35. The van der Waals surface area contributed by atoms with Crippen molar-refractivity contribution in [2.45, 2.75) is 12.5 Å². The first-order valence-electron chi connectivity index (χ1n) is 6.50. The second kappa shape index (κ2) is 7.79. The lowest BCUT2D eigenvalue weighted by molar-refractivity contribution is -0.159. The Hall–Kier alpha value is -1.87. The Balaban J connectivity index is 2.18. The van der Waals surface area contributed by atoms with Crippen LogP contribution in [0.5, 0.6) is 0 Å². The van der Waals surface area contributed by atoms with Crippen LogP contribution in [0.4, 0.5) is 4.79 Å². The first-order valence-corrected chi connectivity index (χ1v) is 6.50. The first-order chi connectivity index (χ1) is 9.86. The number of nitrogens with one attached hydrogen (secondary N) is 2. The molecule has 0 spiro atoms. The molecule has 0 aromatic heterocycles. The number of carboxylic acids is 1. The Morgan fingerprint density at radius 3 is 2.52 bits per heavy atom. The third-order valence-electron chi connectivity index (χ3n) is 2.91. The quantitative estimate of drug-likeness (QED) is 0.476. The van der Waals surface area contributed by atoms with Crippen LogP contribution >= 0.6 is 0 Å². The maximum atomic E-state index is 11.7. The lowest BCUT2D eigenvalue weighted by Crippen LogP contribution is -2.65. The number of carbonyl (C=O) groups excluding carboxylic acids is 2. The van der Waals surface area contributed by atoms with E-state index in [4.69, 9.17) is 14.6 Å². The van der Waals surface area contributed by atoms with Crippen molar-refractivity contribution in [3.63, 3.8) is 0 Å². The predicted molar refractivity (Wildman–Crippen MR) is 71.9 cm³/mol. The molecule has 1 saturated heterocycles. The molecule has 0 bridgehead atoms. The average Bonchev–Trinajstić information content (AvgIpc) is 2.39. The molecule has 1 fully saturated rings. The molecule has 9 heteroatoms. The summed E-state index contributed by atoms with van der Waals surface area (Å²) in [6.45, 7) is 2.59. The van der Waals surface area contributed by atoms with E-state index in [0.29, 0.717) is 13.2 Å². The second-order valence-corrected chi connectivity index (χ2v) is 4.99. The number of carboxylic acid groups (broad SMARTS) is 1. The van der Waals surface area contributed by atoms with E-state index >= 15 is 0 Å². The van der Waals surface area contributed by atoms with Crippen molar-refractivity contribution in [2.75, 3.05) is 46.5 Å². The van der Waals surface area contributed by atoms with Crippen LogP contribution in [-0.2, 0) is 19.1 Å². The van der Waals surface area contributed by atoms with Crippen molar-refractivity contribution in [3.05, 3.63) is 0 Å². The van der Waals surface area contributed by atoms with Gasteiger partial charge in [0.15, 0.2) is 0 Å². The van der Waals surface area contributed by atoms with Gasteiger partial charge in [-0.15, -0.1) is 0 Å². The average molecular weight is 303 g/mol. The summed E-state index contributed by atoms with van der Waals surface area (Å²) in [7, 11) is 1.53. The Labute approximate surface area is 122 Å². The summed E-state index contributed by atoms with van der Waals surface area (Å²) in [6.07, 6.45) is 0. The zero-order chi connectivity index (χ0) is 15.9. The molecule has 9 nitrogen and oxygen atoms in total. The van der Waals surface area contributed by atoms with E-state index in [2.05, 4.69) is 10.6 Å². The van der Waals surface area contributed by atoms with Crippen molar-refractivity contribution in [3.8, 4) is 0 Å². The Kier molecular flexibility index (Phi) is 6.38. The maximum Gasteiger partial charge on any atom is 0.329 e. The van der Waals surface area contributed by atoms with Crippen LogP contribution in [0.3, 0.4) is 0 Å². The lowest BCUT2D eigenvalue weighted by atomic mass is 9.97. The minimum Gasteiger partial charge on any atom is -0.480 e. The zero-order valence-electron chi connectivity index (χ0n) is 12.2. The van der Waals surface area contributed by atoms with Gasteiger partial charge in [0.05, 0.1) is 26.2 Å². The van der Waals surface area contributed by atoms with E-state index < -0.39 is 18.2 Å². The van der Waals surface area contributed by atoms with Gasteiger partial charge in [-0.05, 0) is 6.92 Å². The van der Waals surface area contributed by atoms with Gasteiger partial charge in [-0.3, -0.25) is 4.79 Å². The summed E-state index contributed by atoms with van der Waals surface area (Å²) in [4.78, 5) is 35.0. The molecule has 0 aromatic rings. The fourth-order valence-electron chi connectivity index (χ4n) is 1.85. The van der Waals surface area contributed by atoms with Crippen LogP contribution in [-0.4, -0.2) is 80.0 Å². The van der Waals surface area contributed by atoms with Crippen LogP contribution in [0, 0.1) is 0 Å². The summed E-state index contributed by atoms with van der Waals surface area (Å²) in [5.41, 5.74) is -0.642. The zero-order valence-corrected chi connectivity index (χ0v) is 12.2. The van der Waals surface area contributed by atoms with E-state index in [0.717, 1.165) is 0 Å². The number of nitrogens with zero attached hydrogens (tertiary/aromatic N) is 1. The molecular formula is C12H21N3O6. The molecule has 1 aliphatic heterocycles. The molecule has 0 unspecified atom stereocenters. The monoisotopic (exact) mass is 303 g/mol. The van der Waals surface area contributed by atoms with E-state index in [9.17, 15) is 14.4 Å². The molecule has 1 heterocycles. The molecule has 3 N–H and O–H groups in total. The molecule has 0 atom stereocenters. The van der Waals surface area contributed by atoms with Gasteiger partial charge in [0.1, 0.15) is 12.2 Å². The molecule has 21 heavy (non-hydrogen) atoms. The van der Waals surface area contributed by atoms with Crippen LogP contribution in [0.1, 0.15) is 6.92 Å². The van der Waals surface area contributed by atoms with Gasteiger partial charge < -0.3 is 30.1 Å². The molecule has 1 rings (SSSR count). The van der Waals surface area contributed by atoms with Gasteiger partial charge in [0.25, 0.3) is 0 Å². The van der Waals surface area contributed by atoms with E-state index in [1.54, 1.807) is 6.92 Å². The highest BCUT2D eigenvalue weighted by atomic mass is 16.5. The van der Waals surface area contributed by atoms with Gasteiger partial charge in [-0.25, -0.2) is 9.59 Å². The van der Waals surface area contributed by atoms with E-state index in [-0.39, 0.29) is 31.6 Å². The number of amides is 3. The SMILES string of the molecule is COCCNC(=O)CNC(=O)N1CC(C)(OCC(=O)O)C1. The molecule has 120 valence electrons. The number of ether oxygens (including phenoxy) is 2. The van der Waals surface area contributed by atoms with Crippen molar-refractivity contribution >= 4 is 17.9 Å². The summed E-state index contributed by atoms with van der Waals surface area (Å²) in [6, 6.07) is -0.381. The number of carbonyl (C=O) groups is 3. The number of methoxy groups -OCH3 is 1. The number of rotatable bonds is 8. The van der Waals surface area contributed by atoms with Crippen LogP contribution in [0.2, 0.25) is 0 Å². The number of likely N-dealkylation sites (tertiary alicyclic amines) is 1.